The summed E-state index contributed by atoms with van der Waals surface area (Å²) in [5.74, 6) is 0. The van der Waals surface area contributed by atoms with Crippen LogP contribution in [0.25, 0.3) is 11.3 Å². The second-order valence-electron chi connectivity index (χ2n) is 7.86. The number of piperidine rings is 2. The van der Waals surface area contributed by atoms with Crippen LogP contribution >= 0.6 is 0 Å². The molecule has 0 aliphatic carbocycles. The van der Waals surface area contributed by atoms with Crippen LogP contribution in [0.2, 0.25) is 0 Å². The van der Waals surface area contributed by atoms with Crippen LogP contribution in [0, 0.1) is 5.41 Å². The molecule has 3 heterocycles. The van der Waals surface area contributed by atoms with E-state index in [0.717, 1.165) is 37.1 Å². The highest BCUT2D eigenvalue weighted by molar-refractivity contribution is 7.89. The van der Waals surface area contributed by atoms with E-state index in [0.29, 0.717) is 24.8 Å². The van der Waals surface area contributed by atoms with Gasteiger partial charge in [0.1, 0.15) is 0 Å². The first-order valence-electron chi connectivity index (χ1n) is 10.4. The first-order valence-corrected chi connectivity index (χ1v) is 11.8. The second-order valence-corrected chi connectivity index (χ2v) is 9.74. The van der Waals surface area contributed by atoms with Gasteiger partial charge in [0.2, 0.25) is 0 Å². The Hall–Kier alpha value is -2.09. The van der Waals surface area contributed by atoms with Gasteiger partial charge in [0.25, 0.3) is 10.0 Å². The largest absolute Gasteiger partial charge is 0.308 e. The van der Waals surface area contributed by atoms with E-state index in [9.17, 15) is 8.42 Å². The molecule has 0 bridgehead atoms. The Balaban J connectivity index is 1.48. The Kier molecular flexibility index (Phi) is 6.08. The van der Waals surface area contributed by atoms with Crippen molar-refractivity contribution in [3.63, 3.8) is 0 Å². The van der Waals surface area contributed by atoms with Crippen molar-refractivity contribution in [1.29, 1.82) is 5.41 Å². The molecule has 1 aromatic carbocycles. The Morgan fingerprint density at radius 3 is 2.28 bits per heavy atom. The van der Waals surface area contributed by atoms with Crippen molar-refractivity contribution in [2.45, 2.75) is 43.2 Å². The molecule has 2 saturated heterocycles. The summed E-state index contributed by atoms with van der Waals surface area (Å²) in [6.07, 6.45) is 6.90. The zero-order chi connectivity index (χ0) is 20.3. The monoisotopic (exact) mass is 412 g/mol. The van der Waals surface area contributed by atoms with Crippen LogP contribution in [0.3, 0.4) is 0 Å². The number of sulfonamides is 1. The standard InChI is InChI=1S/C22H28N4O2S/c23-17-18-7-9-19(10-8-18)21-5-4-6-22(24-21)29(27,28)26-15-11-20(12-16-26)25-13-2-1-3-14-25/h4-10,17,20,23H,1-3,11-16H2. The predicted molar refractivity (Wildman–Crippen MR) is 115 cm³/mol. The number of nitrogens with zero attached hydrogens (tertiary/aromatic N) is 3. The molecular weight excluding hydrogens is 384 g/mol. The fraction of sp³-hybridized carbons (Fsp3) is 0.455. The highest BCUT2D eigenvalue weighted by Crippen LogP contribution is 2.26. The van der Waals surface area contributed by atoms with Crippen LogP contribution in [0.5, 0.6) is 0 Å². The molecule has 0 unspecified atom stereocenters. The minimum Gasteiger partial charge on any atom is -0.308 e. The third kappa shape index (κ3) is 4.42. The van der Waals surface area contributed by atoms with Crippen LogP contribution in [0.1, 0.15) is 37.7 Å². The normalized spacial score (nSPS) is 19.9. The Morgan fingerprint density at radius 1 is 0.931 bits per heavy atom. The molecule has 154 valence electrons. The van der Waals surface area contributed by atoms with Crippen molar-refractivity contribution < 1.29 is 8.42 Å². The minimum atomic E-state index is -3.59. The van der Waals surface area contributed by atoms with Crippen molar-refractivity contribution in [1.82, 2.24) is 14.2 Å². The van der Waals surface area contributed by atoms with E-state index < -0.39 is 10.0 Å². The van der Waals surface area contributed by atoms with Gasteiger partial charge in [-0.15, -0.1) is 0 Å². The lowest BCUT2D eigenvalue weighted by Crippen LogP contribution is -2.48. The van der Waals surface area contributed by atoms with Crippen molar-refractivity contribution in [3.05, 3.63) is 48.0 Å². The van der Waals surface area contributed by atoms with E-state index in [4.69, 9.17) is 5.41 Å². The third-order valence-corrected chi connectivity index (χ3v) is 7.83. The Bertz CT molecular complexity index is 945. The van der Waals surface area contributed by atoms with Gasteiger partial charge >= 0.3 is 0 Å². The zero-order valence-electron chi connectivity index (χ0n) is 16.6. The summed E-state index contributed by atoms with van der Waals surface area (Å²) < 4.78 is 27.9. The van der Waals surface area contributed by atoms with Gasteiger partial charge in [-0.1, -0.05) is 36.8 Å². The van der Waals surface area contributed by atoms with Gasteiger partial charge in [0, 0.05) is 30.9 Å². The molecule has 0 saturated carbocycles. The van der Waals surface area contributed by atoms with E-state index in [1.165, 1.54) is 25.5 Å². The smallest absolute Gasteiger partial charge is 0.260 e. The zero-order valence-corrected chi connectivity index (χ0v) is 17.4. The maximum atomic E-state index is 13.2. The molecule has 4 rings (SSSR count). The van der Waals surface area contributed by atoms with Crippen molar-refractivity contribution in [3.8, 4) is 11.3 Å². The topological polar surface area (TPSA) is 77.4 Å². The average molecular weight is 413 g/mol. The van der Waals surface area contributed by atoms with Gasteiger partial charge in [0.05, 0.1) is 5.69 Å². The molecule has 1 N–H and O–H groups in total. The van der Waals surface area contributed by atoms with E-state index in [1.807, 2.05) is 30.3 Å². The maximum Gasteiger partial charge on any atom is 0.260 e. The summed E-state index contributed by atoms with van der Waals surface area (Å²) in [6.45, 7) is 3.42. The van der Waals surface area contributed by atoms with Crippen LogP contribution in [-0.4, -0.2) is 61.0 Å². The van der Waals surface area contributed by atoms with Gasteiger partial charge in [-0.05, 0) is 56.5 Å². The van der Waals surface area contributed by atoms with Gasteiger partial charge in [0.15, 0.2) is 5.03 Å². The van der Waals surface area contributed by atoms with Gasteiger partial charge in [-0.25, -0.2) is 13.4 Å². The number of likely N-dealkylation sites (tertiary alicyclic amines) is 1. The van der Waals surface area contributed by atoms with E-state index in [2.05, 4.69) is 9.88 Å². The molecule has 0 atom stereocenters. The molecule has 1 aromatic heterocycles. The molecule has 6 nitrogen and oxygen atoms in total. The highest BCUT2D eigenvalue weighted by atomic mass is 32.2. The van der Waals surface area contributed by atoms with Gasteiger partial charge in [-0.3, -0.25) is 0 Å². The minimum absolute atomic E-state index is 0.113. The third-order valence-electron chi connectivity index (χ3n) is 6.03. The van der Waals surface area contributed by atoms with E-state index in [1.54, 1.807) is 16.4 Å². The fourth-order valence-electron chi connectivity index (χ4n) is 4.33. The van der Waals surface area contributed by atoms with E-state index >= 15 is 0 Å². The Morgan fingerprint density at radius 2 is 1.62 bits per heavy atom. The van der Waals surface area contributed by atoms with Crippen LogP contribution in [0.15, 0.2) is 47.5 Å². The molecule has 7 heteroatoms. The van der Waals surface area contributed by atoms with E-state index in [-0.39, 0.29) is 5.03 Å². The predicted octanol–water partition coefficient (Wildman–Crippen LogP) is 3.39. The summed E-state index contributed by atoms with van der Waals surface area (Å²) in [5.41, 5.74) is 2.27. The molecule has 0 radical (unpaired) electrons. The number of benzene rings is 1. The van der Waals surface area contributed by atoms with Crippen LogP contribution in [0.4, 0.5) is 0 Å². The quantitative estimate of drug-likeness (QED) is 0.764. The number of nitrogens with one attached hydrogen (secondary N) is 1. The summed E-state index contributed by atoms with van der Waals surface area (Å²) in [7, 11) is -3.59. The lowest BCUT2D eigenvalue weighted by atomic mass is 10.0. The molecule has 2 fully saturated rings. The first kappa shape index (κ1) is 20.2. The second kappa shape index (κ2) is 8.73. The summed E-state index contributed by atoms with van der Waals surface area (Å²) in [5, 5.41) is 7.41. The van der Waals surface area contributed by atoms with Gasteiger partial charge in [-0.2, -0.15) is 4.31 Å². The summed E-state index contributed by atoms with van der Waals surface area (Å²) >= 11 is 0. The molecule has 2 aromatic rings. The van der Waals surface area contributed by atoms with Gasteiger partial charge < -0.3 is 10.3 Å². The number of pyridine rings is 1. The number of aromatic nitrogens is 1. The lowest BCUT2D eigenvalue weighted by molar-refractivity contribution is 0.117. The highest BCUT2D eigenvalue weighted by Gasteiger charge is 2.32. The summed E-state index contributed by atoms with van der Waals surface area (Å²) in [4.78, 5) is 7.00. The molecule has 29 heavy (non-hydrogen) atoms. The first-order chi connectivity index (χ1) is 14.1. The lowest BCUT2D eigenvalue weighted by Gasteiger charge is -2.39. The maximum absolute atomic E-state index is 13.2. The number of hydrogen-bond donors (Lipinski definition) is 1. The summed E-state index contributed by atoms with van der Waals surface area (Å²) in [6, 6.07) is 13.1. The van der Waals surface area contributed by atoms with Crippen molar-refractivity contribution in [2.75, 3.05) is 26.2 Å². The molecular formula is C22H28N4O2S. The SMILES string of the molecule is N=Cc1ccc(-c2cccc(S(=O)(=O)N3CCC(N4CCCCC4)CC3)n2)cc1. The number of rotatable bonds is 5. The molecule has 0 spiro atoms. The van der Waals surface area contributed by atoms with Crippen LogP contribution < -0.4 is 0 Å². The fourth-order valence-corrected chi connectivity index (χ4v) is 5.75. The molecule has 2 aliphatic rings. The Labute approximate surface area is 173 Å². The van der Waals surface area contributed by atoms with Crippen molar-refractivity contribution in [2.24, 2.45) is 0 Å². The molecule has 2 aliphatic heterocycles. The van der Waals surface area contributed by atoms with Crippen LogP contribution in [-0.2, 0) is 10.0 Å². The average Bonchev–Trinajstić information content (AvgIpc) is 2.80. The van der Waals surface area contributed by atoms with Crippen molar-refractivity contribution >= 4 is 16.2 Å². The molecule has 0 amide bonds. The number of hydrogen-bond acceptors (Lipinski definition) is 5.